The fourth-order valence-electron chi connectivity index (χ4n) is 2.55. The number of ether oxygens (including phenoxy) is 3. The molecule has 0 unspecified atom stereocenters. The number of methoxy groups -OCH3 is 1. The van der Waals surface area contributed by atoms with E-state index in [1.54, 1.807) is 7.11 Å². The second-order valence-electron chi connectivity index (χ2n) is 5.90. The smallest absolute Gasteiger partial charge is 0.126 e. The van der Waals surface area contributed by atoms with E-state index in [0.717, 1.165) is 29.2 Å². The van der Waals surface area contributed by atoms with Crippen LogP contribution >= 0.6 is 0 Å². The van der Waals surface area contributed by atoms with Crippen molar-refractivity contribution in [1.82, 2.24) is 0 Å². The van der Waals surface area contributed by atoms with Gasteiger partial charge in [-0.05, 0) is 42.1 Å². The molecule has 0 radical (unpaired) electrons. The van der Waals surface area contributed by atoms with Gasteiger partial charge in [-0.15, -0.1) is 0 Å². The first kappa shape index (κ1) is 18.1. The number of benzene rings is 2. The maximum atomic E-state index is 5.90. The van der Waals surface area contributed by atoms with Crippen molar-refractivity contribution in [3.05, 3.63) is 53.6 Å². The van der Waals surface area contributed by atoms with Gasteiger partial charge in [0.2, 0.25) is 0 Å². The van der Waals surface area contributed by atoms with Gasteiger partial charge < -0.3 is 19.9 Å². The van der Waals surface area contributed by atoms with Crippen molar-refractivity contribution in [3.63, 3.8) is 0 Å². The average Bonchev–Trinajstić information content (AvgIpc) is 2.60. The first-order valence-corrected chi connectivity index (χ1v) is 8.37. The molecule has 2 N–H and O–H groups in total. The third-order valence-corrected chi connectivity index (χ3v) is 3.83. The van der Waals surface area contributed by atoms with Gasteiger partial charge in [0.15, 0.2) is 0 Å². The van der Waals surface area contributed by atoms with Crippen molar-refractivity contribution in [2.45, 2.75) is 26.2 Å². The Morgan fingerprint density at radius 3 is 2.33 bits per heavy atom. The topological polar surface area (TPSA) is 53.7 Å². The van der Waals surface area contributed by atoms with E-state index in [-0.39, 0.29) is 0 Å². The molecule has 0 aliphatic rings. The van der Waals surface area contributed by atoms with Crippen molar-refractivity contribution >= 4 is 0 Å². The molecule has 0 heterocycles. The summed E-state index contributed by atoms with van der Waals surface area (Å²) in [5.41, 5.74) is 7.96. The van der Waals surface area contributed by atoms with Crippen LogP contribution in [0.4, 0.5) is 0 Å². The first-order chi connectivity index (χ1) is 11.7. The molecule has 0 aliphatic carbocycles. The van der Waals surface area contributed by atoms with Crippen molar-refractivity contribution in [3.8, 4) is 17.2 Å². The molecule has 2 aromatic rings. The normalized spacial score (nSPS) is 10.7. The Bertz CT molecular complexity index is 641. The van der Waals surface area contributed by atoms with Crippen LogP contribution in [0, 0.1) is 0 Å². The third-order valence-electron chi connectivity index (χ3n) is 3.83. The van der Waals surface area contributed by atoms with Crippen LogP contribution in [0.5, 0.6) is 17.2 Å². The van der Waals surface area contributed by atoms with Crippen LogP contribution in [-0.4, -0.2) is 26.9 Å². The fraction of sp³-hybridized carbons (Fsp3) is 0.400. The number of nitrogens with two attached hydrogens (primary N) is 1. The summed E-state index contributed by atoms with van der Waals surface area (Å²) in [5, 5.41) is 0. The Morgan fingerprint density at radius 2 is 1.67 bits per heavy atom. The zero-order chi connectivity index (χ0) is 17.4. The summed E-state index contributed by atoms with van der Waals surface area (Å²) in [5.74, 6) is 2.93. The zero-order valence-corrected chi connectivity index (χ0v) is 14.7. The van der Waals surface area contributed by atoms with Gasteiger partial charge in [0.05, 0.1) is 7.11 Å². The van der Waals surface area contributed by atoms with Crippen molar-refractivity contribution in [2.75, 3.05) is 26.9 Å². The van der Waals surface area contributed by atoms with Crippen molar-refractivity contribution in [2.24, 2.45) is 5.73 Å². The zero-order valence-electron chi connectivity index (χ0n) is 14.7. The van der Waals surface area contributed by atoms with Crippen molar-refractivity contribution < 1.29 is 14.2 Å². The summed E-state index contributed by atoms with van der Waals surface area (Å²) in [7, 11) is 1.65. The van der Waals surface area contributed by atoms with Gasteiger partial charge in [-0.2, -0.15) is 0 Å². The van der Waals surface area contributed by atoms with Gasteiger partial charge >= 0.3 is 0 Å². The van der Waals surface area contributed by atoms with E-state index < -0.39 is 0 Å². The lowest BCUT2D eigenvalue weighted by atomic mass is 10.0. The highest BCUT2D eigenvalue weighted by molar-refractivity contribution is 5.41. The van der Waals surface area contributed by atoms with E-state index in [1.807, 2.05) is 36.4 Å². The van der Waals surface area contributed by atoms with Crippen LogP contribution < -0.4 is 19.9 Å². The van der Waals surface area contributed by atoms with E-state index >= 15 is 0 Å². The first-order valence-electron chi connectivity index (χ1n) is 8.37. The maximum Gasteiger partial charge on any atom is 0.126 e. The van der Waals surface area contributed by atoms with Gasteiger partial charge in [0, 0.05) is 6.07 Å². The molecule has 24 heavy (non-hydrogen) atoms. The van der Waals surface area contributed by atoms with Gasteiger partial charge in [-0.3, -0.25) is 0 Å². The number of hydrogen-bond acceptors (Lipinski definition) is 4. The summed E-state index contributed by atoms with van der Waals surface area (Å²) in [6, 6.07) is 13.9. The van der Waals surface area contributed by atoms with E-state index in [2.05, 4.69) is 19.9 Å². The summed E-state index contributed by atoms with van der Waals surface area (Å²) < 4.78 is 17.1. The molecule has 0 fully saturated rings. The van der Waals surface area contributed by atoms with E-state index in [9.17, 15) is 0 Å². The highest BCUT2D eigenvalue weighted by Crippen LogP contribution is 2.27. The summed E-state index contributed by atoms with van der Waals surface area (Å²) >= 11 is 0. The quantitative estimate of drug-likeness (QED) is 0.711. The molecule has 2 rings (SSSR count). The standard InChI is InChI=1S/C20H27NO3/c1-15(2)18-6-4-5-7-19(18)23-12-13-24-20-14-17(22-3)9-8-16(20)10-11-21/h4-9,14-15H,10-13,21H2,1-3H3. The molecule has 0 amide bonds. The number of hydrogen-bond donors (Lipinski definition) is 1. The van der Waals surface area contributed by atoms with E-state index in [4.69, 9.17) is 19.9 Å². The molecular formula is C20H27NO3. The van der Waals surface area contributed by atoms with Crippen LogP contribution in [0.1, 0.15) is 30.9 Å². The molecule has 0 atom stereocenters. The minimum atomic E-state index is 0.427. The molecular weight excluding hydrogens is 302 g/mol. The van der Waals surface area contributed by atoms with Gasteiger partial charge in [-0.25, -0.2) is 0 Å². The minimum absolute atomic E-state index is 0.427. The van der Waals surface area contributed by atoms with Gasteiger partial charge in [-0.1, -0.05) is 38.1 Å². The molecule has 0 bridgehead atoms. The van der Waals surface area contributed by atoms with Gasteiger partial charge in [0.1, 0.15) is 30.5 Å². The lowest BCUT2D eigenvalue weighted by molar-refractivity contribution is 0.214. The monoisotopic (exact) mass is 329 g/mol. The summed E-state index contributed by atoms with van der Waals surface area (Å²) in [6.45, 7) is 5.86. The molecule has 0 aromatic heterocycles. The molecule has 0 aliphatic heterocycles. The number of rotatable bonds is 9. The molecule has 0 saturated carbocycles. The third kappa shape index (κ3) is 4.90. The van der Waals surface area contributed by atoms with Crippen LogP contribution in [0.15, 0.2) is 42.5 Å². The second-order valence-corrected chi connectivity index (χ2v) is 5.90. The Balaban J connectivity index is 1.95. The molecule has 0 spiro atoms. The Kier molecular flexibility index (Phi) is 6.94. The minimum Gasteiger partial charge on any atom is -0.497 e. The van der Waals surface area contributed by atoms with Crippen LogP contribution in [0.2, 0.25) is 0 Å². The Morgan fingerprint density at radius 1 is 0.958 bits per heavy atom. The Labute approximate surface area is 144 Å². The second kappa shape index (κ2) is 9.18. The SMILES string of the molecule is COc1ccc(CCN)c(OCCOc2ccccc2C(C)C)c1. The van der Waals surface area contributed by atoms with Crippen LogP contribution in [0.3, 0.4) is 0 Å². The average molecular weight is 329 g/mol. The maximum absolute atomic E-state index is 5.90. The van der Waals surface area contributed by atoms with Crippen molar-refractivity contribution in [1.29, 1.82) is 0 Å². The molecule has 130 valence electrons. The lowest BCUT2D eigenvalue weighted by Gasteiger charge is -2.15. The number of para-hydroxylation sites is 1. The van der Waals surface area contributed by atoms with E-state index in [1.165, 1.54) is 5.56 Å². The van der Waals surface area contributed by atoms with Gasteiger partial charge in [0.25, 0.3) is 0 Å². The molecule has 4 nitrogen and oxygen atoms in total. The summed E-state index contributed by atoms with van der Waals surface area (Å²) in [6.07, 6.45) is 0.774. The molecule has 4 heteroatoms. The summed E-state index contributed by atoms with van der Waals surface area (Å²) in [4.78, 5) is 0. The highest BCUT2D eigenvalue weighted by atomic mass is 16.5. The fourth-order valence-corrected chi connectivity index (χ4v) is 2.55. The largest absolute Gasteiger partial charge is 0.497 e. The predicted octanol–water partition coefficient (Wildman–Crippen LogP) is 3.78. The lowest BCUT2D eigenvalue weighted by Crippen LogP contribution is -2.12. The van der Waals surface area contributed by atoms with Crippen LogP contribution in [0.25, 0.3) is 0 Å². The molecule has 0 saturated heterocycles. The van der Waals surface area contributed by atoms with E-state index in [0.29, 0.717) is 25.7 Å². The van der Waals surface area contributed by atoms with Crippen LogP contribution in [-0.2, 0) is 6.42 Å². The highest BCUT2D eigenvalue weighted by Gasteiger charge is 2.08. The molecule has 2 aromatic carbocycles. The predicted molar refractivity (Wildman–Crippen MR) is 97.3 cm³/mol. The Hall–Kier alpha value is -2.20.